The van der Waals surface area contributed by atoms with Crippen molar-refractivity contribution >= 4 is 11.2 Å². The van der Waals surface area contributed by atoms with E-state index in [9.17, 15) is 0 Å². The standard InChI is InChI=1S/C19H17N7/c1-2-9-26-17(24-15-4-3-6-22-19(15)26)13-25-10-8-23-18(25)16-11-14(12-20)5-7-21-16/h3-8,10-11H,2,9,13H2,1H3. The summed E-state index contributed by atoms with van der Waals surface area (Å²) < 4.78 is 4.15. The van der Waals surface area contributed by atoms with Gasteiger partial charge in [-0.2, -0.15) is 5.26 Å². The van der Waals surface area contributed by atoms with Gasteiger partial charge in [-0.05, 0) is 30.7 Å². The third kappa shape index (κ3) is 2.82. The number of pyridine rings is 2. The lowest BCUT2D eigenvalue weighted by molar-refractivity contribution is 0.623. The van der Waals surface area contributed by atoms with E-state index in [1.165, 1.54) is 0 Å². The first-order chi connectivity index (χ1) is 12.8. The van der Waals surface area contributed by atoms with Crippen LogP contribution in [0.1, 0.15) is 24.7 Å². The number of rotatable bonds is 5. The lowest BCUT2D eigenvalue weighted by atomic mass is 10.2. The molecule has 0 bridgehead atoms. The maximum absolute atomic E-state index is 9.11. The quantitative estimate of drug-likeness (QED) is 0.556. The molecule has 4 rings (SSSR count). The summed E-state index contributed by atoms with van der Waals surface area (Å²) in [6, 6.07) is 9.44. The van der Waals surface area contributed by atoms with Gasteiger partial charge in [0.1, 0.15) is 17.0 Å². The van der Waals surface area contributed by atoms with Crippen LogP contribution in [0.5, 0.6) is 0 Å². The number of hydrogen-bond donors (Lipinski definition) is 0. The van der Waals surface area contributed by atoms with Crippen LogP contribution < -0.4 is 0 Å². The predicted octanol–water partition coefficient (Wildman–Crippen LogP) is 3.02. The van der Waals surface area contributed by atoms with E-state index in [1.54, 1.807) is 30.7 Å². The summed E-state index contributed by atoms with van der Waals surface area (Å²) in [5.41, 5.74) is 3.02. The number of imidazole rings is 2. The molecule has 0 aliphatic rings. The van der Waals surface area contributed by atoms with E-state index in [1.807, 2.05) is 22.9 Å². The molecule has 0 saturated carbocycles. The van der Waals surface area contributed by atoms with E-state index in [-0.39, 0.29) is 0 Å². The number of aromatic nitrogens is 6. The summed E-state index contributed by atoms with van der Waals surface area (Å²) in [5.74, 6) is 1.64. The Bertz CT molecular complexity index is 1100. The molecule has 0 amide bonds. The van der Waals surface area contributed by atoms with Gasteiger partial charge in [0.2, 0.25) is 0 Å². The van der Waals surface area contributed by atoms with Gasteiger partial charge in [-0.25, -0.2) is 15.0 Å². The van der Waals surface area contributed by atoms with Gasteiger partial charge in [-0.3, -0.25) is 4.98 Å². The van der Waals surface area contributed by atoms with E-state index in [0.717, 1.165) is 30.0 Å². The van der Waals surface area contributed by atoms with Crippen molar-refractivity contribution in [2.75, 3.05) is 0 Å². The second-order valence-corrected chi connectivity index (χ2v) is 5.95. The number of fused-ring (bicyclic) bond motifs is 1. The van der Waals surface area contributed by atoms with Gasteiger partial charge in [0.25, 0.3) is 0 Å². The van der Waals surface area contributed by atoms with Gasteiger partial charge in [0.05, 0.1) is 18.2 Å². The molecule has 0 unspecified atom stereocenters. The number of nitrogens with zero attached hydrogens (tertiary/aromatic N) is 7. The fourth-order valence-corrected chi connectivity index (χ4v) is 3.03. The van der Waals surface area contributed by atoms with E-state index < -0.39 is 0 Å². The van der Waals surface area contributed by atoms with Crippen LogP contribution in [-0.4, -0.2) is 29.1 Å². The smallest absolute Gasteiger partial charge is 0.160 e. The largest absolute Gasteiger partial charge is 0.322 e. The molecule has 4 aromatic rings. The molecule has 7 heteroatoms. The van der Waals surface area contributed by atoms with Gasteiger partial charge in [0, 0.05) is 31.3 Å². The molecule has 26 heavy (non-hydrogen) atoms. The molecule has 0 aliphatic carbocycles. The molecule has 0 saturated heterocycles. The molecule has 0 spiro atoms. The normalized spacial score (nSPS) is 10.9. The molecular weight excluding hydrogens is 326 g/mol. The van der Waals surface area contributed by atoms with Crippen LogP contribution in [0.15, 0.2) is 49.1 Å². The van der Waals surface area contributed by atoms with Crippen LogP contribution in [0, 0.1) is 11.3 Å². The molecule has 0 radical (unpaired) electrons. The molecule has 4 heterocycles. The highest BCUT2D eigenvalue weighted by Crippen LogP contribution is 2.20. The van der Waals surface area contributed by atoms with Crippen molar-refractivity contribution in [1.29, 1.82) is 5.26 Å². The Balaban J connectivity index is 1.75. The fourth-order valence-electron chi connectivity index (χ4n) is 3.03. The van der Waals surface area contributed by atoms with Crippen LogP contribution in [0.4, 0.5) is 0 Å². The van der Waals surface area contributed by atoms with E-state index in [4.69, 9.17) is 10.2 Å². The Hall–Kier alpha value is -3.53. The van der Waals surface area contributed by atoms with Gasteiger partial charge in [-0.15, -0.1) is 0 Å². The highest BCUT2D eigenvalue weighted by molar-refractivity contribution is 5.71. The van der Waals surface area contributed by atoms with E-state index in [0.29, 0.717) is 23.6 Å². The topological polar surface area (TPSA) is 85.2 Å². The summed E-state index contributed by atoms with van der Waals surface area (Å²) in [5, 5.41) is 9.11. The van der Waals surface area contributed by atoms with Gasteiger partial charge in [0.15, 0.2) is 11.5 Å². The second kappa shape index (κ2) is 6.76. The van der Waals surface area contributed by atoms with Crippen molar-refractivity contribution < 1.29 is 0 Å². The minimum atomic E-state index is 0.560. The SMILES string of the molecule is CCCn1c(Cn2ccnc2-c2cc(C#N)ccn2)nc2cccnc21. The zero-order chi connectivity index (χ0) is 17.9. The minimum Gasteiger partial charge on any atom is -0.322 e. The molecular formula is C19H17N7. The van der Waals surface area contributed by atoms with Crippen LogP contribution in [0.3, 0.4) is 0 Å². The first-order valence-corrected chi connectivity index (χ1v) is 8.48. The third-order valence-corrected chi connectivity index (χ3v) is 4.18. The molecule has 0 aromatic carbocycles. The van der Waals surface area contributed by atoms with Crippen LogP contribution >= 0.6 is 0 Å². The first kappa shape index (κ1) is 16.0. The number of hydrogen-bond acceptors (Lipinski definition) is 5. The molecule has 128 valence electrons. The van der Waals surface area contributed by atoms with Crippen molar-refractivity contribution in [3.8, 4) is 17.6 Å². The molecule has 0 aliphatic heterocycles. The Morgan fingerprint density at radius 2 is 2.04 bits per heavy atom. The maximum Gasteiger partial charge on any atom is 0.160 e. The van der Waals surface area contributed by atoms with Crippen molar-refractivity contribution in [1.82, 2.24) is 29.1 Å². The molecule has 7 nitrogen and oxygen atoms in total. The van der Waals surface area contributed by atoms with E-state index in [2.05, 4.69) is 32.5 Å². The summed E-state index contributed by atoms with van der Waals surface area (Å²) in [6.07, 6.45) is 8.06. The van der Waals surface area contributed by atoms with Gasteiger partial charge < -0.3 is 9.13 Å². The van der Waals surface area contributed by atoms with Crippen LogP contribution in [-0.2, 0) is 13.1 Å². The Morgan fingerprint density at radius 1 is 1.12 bits per heavy atom. The zero-order valence-corrected chi connectivity index (χ0v) is 14.4. The summed E-state index contributed by atoms with van der Waals surface area (Å²) >= 11 is 0. The Labute approximate surface area is 150 Å². The monoisotopic (exact) mass is 343 g/mol. The number of nitriles is 1. The number of aryl methyl sites for hydroxylation is 1. The maximum atomic E-state index is 9.11. The Morgan fingerprint density at radius 3 is 2.88 bits per heavy atom. The summed E-state index contributed by atoms with van der Waals surface area (Å²) in [6.45, 7) is 3.55. The highest BCUT2D eigenvalue weighted by atomic mass is 15.2. The Kier molecular flexibility index (Phi) is 4.15. The first-order valence-electron chi connectivity index (χ1n) is 8.48. The van der Waals surface area contributed by atoms with Crippen LogP contribution in [0.2, 0.25) is 0 Å². The molecule has 0 N–H and O–H groups in total. The summed E-state index contributed by atoms with van der Waals surface area (Å²) in [7, 11) is 0. The predicted molar refractivity (Wildman–Crippen MR) is 97.1 cm³/mol. The van der Waals surface area contributed by atoms with Crippen molar-refractivity contribution in [2.24, 2.45) is 0 Å². The minimum absolute atomic E-state index is 0.560. The molecule has 0 atom stereocenters. The zero-order valence-electron chi connectivity index (χ0n) is 14.4. The third-order valence-electron chi connectivity index (χ3n) is 4.18. The lowest BCUT2D eigenvalue weighted by Crippen LogP contribution is -2.10. The molecule has 4 aromatic heterocycles. The van der Waals surface area contributed by atoms with Gasteiger partial charge >= 0.3 is 0 Å². The van der Waals surface area contributed by atoms with E-state index >= 15 is 0 Å². The van der Waals surface area contributed by atoms with Crippen molar-refractivity contribution in [2.45, 2.75) is 26.4 Å². The van der Waals surface area contributed by atoms with Gasteiger partial charge in [-0.1, -0.05) is 6.92 Å². The molecule has 0 fully saturated rings. The highest BCUT2D eigenvalue weighted by Gasteiger charge is 2.14. The summed E-state index contributed by atoms with van der Waals surface area (Å²) in [4.78, 5) is 18.0. The fraction of sp³-hybridized carbons (Fsp3) is 0.211. The van der Waals surface area contributed by atoms with Crippen molar-refractivity contribution in [3.05, 3.63) is 60.4 Å². The lowest BCUT2D eigenvalue weighted by Gasteiger charge is -2.10. The average molecular weight is 343 g/mol. The second-order valence-electron chi connectivity index (χ2n) is 5.95. The van der Waals surface area contributed by atoms with Crippen molar-refractivity contribution in [3.63, 3.8) is 0 Å². The average Bonchev–Trinajstić information content (AvgIpc) is 3.27. The van der Waals surface area contributed by atoms with Crippen LogP contribution in [0.25, 0.3) is 22.7 Å².